The lowest BCUT2D eigenvalue weighted by molar-refractivity contribution is 0.0521. The molecule has 2 unspecified atom stereocenters. The Morgan fingerprint density at radius 3 is 2.60 bits per heavy atom. The van der Waals surface area contributed by atoms with Crippen molar-refractivity contribution in [3.63, 3.8) is 0 Å². The summed E-state index contributed by atoms with van der Waals surface area (Å²) in [7, 11) is 0. The van der Waals surface area contributed by atoms with Gasteiger partial charge >= 0.3 is 0 Å². The molecule has 3 heteroatoms. The summed E-state index contributed by atoms with van der Waals surface area (Å²) < 4.78 is 0. The molecule has 0 radical (unpaired) electrons. The van der Waals surface area contributed by atoms with E-state index >= 15 is 0 Å². The molecule has 0 aromatic rings. The molecule has 1 N–H and O–H groups in total. The molecule has 1 aliphatic heterocycles. The minimum atomic E-state index is -0.102. The average molecular weight is 278 g/mol. The molecule has 1 heterocycles. The molecule has 0 saturated carbocycles. The Balaban J connectivity index is 2.44. The van der Waals surface area contributed by atoms with Gasteiger partial charge in [-0.15, -0.1) is 0 Å². The fraction of sp³-hybridized carbons (Fsp3) is 1.00. The summed E-state index contributed by atoms with van der Waals surface area (Å²) in [5, 5.41) is 10.7. The predicted molar refractivity (Wildman–Crippen MR) is 68.4 cm³/mol. The van der Waals surface area contributed by atoms with Crippen LogP contribution in [0.25, 0.3) is 0 Å². The molecule has 90 valence electrons. The number of alkyl halides is 1. The summed E-state index contributed by atoms with van der Waals surface area (Å²) in [5.74, 6) is 0.655. The van der Waals surface area contributed by atoms with Crippen molar-refractivity contribution in [1.29, 1.82) is 0 Å². The first-order chi connectivity index (χ1) is 6.93. The molecule has 2 atom stereocenters. The van der Waals surface area contributed by atoms with Crippen LogP contribution in [0.1, 0.15) is 33.6 Å². The highest BCUT2D eigenvalue weighted by molar-refractivity contribution is 9.09. The fourth-order valence-corrected chi connectivity index (χ4v) is 3.24. The smallest absolute Gasteiger partial charge is 0.0667 e. The maximum Gasteiger partial charge on any atom is 0.0667 e. The van der Waals surface area contributed by atoms with Crippen molar-refractivity contribution in [3.8, 4) is 0 Å². The SMILES string of the molecule is CC(C)(C)C(CBr)CN1CCCC(O)C1. The van der Waals surface area contributed by atoms with Crippen LogP contribution in [0, 0.1) is 11.3 Å². The molecule has 1 aliphatic rings. The highest BCUT2D eigenvalue weighted by Crippen LogP contribution is 2.29. The molecule has 1 rings (SSSR count). The molecule has 15 heavy (non-hydrogen) atoms. The van der Waals surface area contributed by atoms with E-state index in [0.717, 1.165) is 37.8 Å². The lowest BCUT2D eigenvalue weighted by Crippen LogP contribution is -2.43. The summed E-state index contributed by atoms with van der Waals surface area (Å²) in [5.41, 5.74) is 0.339. The summed E-state index contributed by atoms with van der Waals surface area (Å²) in [6.45, 7) is 9.99. The second-order valence-electron chi connectivity index (χ2n) is 5.77. The normalized spacial score (nSPS) is 26.6. The molecule has 1 fully saturated rings. The van der Waals surface area contributed by atoms with E-state index in [9.17, 15) is 5.11 Å². The highest BCUT2D eigenvalue weighted by Gasteiger charge is 2.27. The zero-order valence-corrected chi connectivity index (χ0v) is 11.8. The highest BCUT2D eigenvalue weighted by atomic mass is 79.9. The van der Waals surface area contributed by atoms with Crippen molar-refractivity contribution in [1.82, 2.24) is 4.90 Å². The van der Waals surface area contributed by atoms with Gasteiger partial charge in [0.05, 0.1) is 6.10 Å². The number of halogens is 1. The predicted octanol–water partition coefficient (Wildman–Crippen LogP) is 2.50. The third-order valence-electron chi connectivity index (χ3n) is 3.37. The Hall–Kier alpha value is 0.400. The topological polar surface area (TPSA) is 23.5 Å². The standard InChI is InChI=1S/C12H24BrNO/c1-12(2,3)10(7-13)8-14-6-4-5-11(15)9-14/h10-11,15H,4-9H2,1-3H3. The van der Waals surface area contributed by atoms with Crippen LogP contribution in [0.15, 0.2) is 0 Å². The van der Waals surface area contributed by atoms with Crippen LogP contribution in [-0.2, 0) is 0 Å². The Kier molecular flexibility index (Phi) is 5.07. The molecular weight excluding hydrogens is 254 g/mol. The number of aliphatic hydroxyl groups excluding tert-OH is 1. The number of aliphatic hydroxyl groups is 1. The maximum atomic E-state index is 9.61. The van der Waals surface area contributed by atoms with Gasteiger partial charge in [0, 0.05) is 18.4 Å². The second kappa shape index (κ2) is 5.65. The van der Waals surface area contributed by atoms with Gasteiger partial charge in [-0.05, 0) is 30.7 Å². The van der Waals surface area contributed by atoms with Gasteiger partial charge in [0.2, 0.25) is 0 Å². The summed E-state index contributed by atoms with van der Waals surface area (Å²) in [6.07, 6.45) is 2.01. The molecule has 2 nitrogen and oxygen atoms in total. The van der Waals surface area contributed by atoms with E-state index in [1.165, 1.54) is 0 Å². The van der Waals surface area contributed by atoms with Crippen LogP contribution in [-0.4, -0.2) is 41.1 Å². The Morgan fingerprint density at radius 2 is 2.13 bits per heavy atom. The van der Waals surface area contributed by atoms with Crippen LogP contribution in [0.2, 0.25) is 0 Å². The first kappa shape index (κ1) is 13.5. The number of rotatable bonds is 3. The van der Waals surface area contributed by atoms with Crippen molar-refractivity contribution < 1.29 is 5.11 Å². The molecule has 1 saturated heterocycles. The van der Waals surface area contributed by atoms with Crippen LogP contribution < -0.4 is 0 Å². The van der Waals surface area contributed by atoms with Crippen molar-refractivity contribution >= 4 is 15.9 Å². The second-order valence-corrected chi connectivity index (χ2v) is 6.42. The molecule has 0 bridgehead atoms. The molecule has 0 aromatic heterocycles. The van der Waals surface area contributed by atoms with Crippen LogP contribution in [0.4, 0.5) is 0 Å². The first-order valence-corrected chi connectivity index (χ1v) is 7.02. The maximum absolute atomic E-state index is 9.61. The fourth-order valence-electron chi connectivity index (χ4n) is 2.06. The largest absolute Gasteiger partial charge is 0.392 e. The van der Waals surface area contributed by atoms with E-state index in [1.54, 1.807) is 0 Å². The zero-order chi connectivity index (χ0) is 11.5. The number of hydrogen-bond donors (Lipinski definition) is 1. The minimum Gasteiger partial charge on any atom is -0.392 e. The van der Waals surface area contributed by atoms with Crippen LogP contribution in [0.3, 0.4) is 0 Å². The van der Waals surface area contributed by atoms with Gasteiger partial charge < -0.3 is 10.0 Å². The van der Waals surface area contributed by atoms with E-state index in [1.807, 2.05) is 0 Å². The number of β-amino-alcohol motifs (C(OH)–C–C–N with tert-alkyl or cyclic N) is 1. The Morgan fingerprint density at radius 1 is 1.47 bits per heavy atom. The van der Waals surface area contributed by atoms with Gasteiger partial charge in [0.15, 0.2) is 0 Å². The number of likely N-dealkylation sites (tertiary alicyclic amines) is 1. The van der Waals surface area contributed by atoms with Crippen molar-refractivity contribution in [2.75, 3.05) is 25.0 Å². The third-order valence-corrected chi connectivity index (χ3v) is 4.15. The number of hydrogen-bond acceptors (Lipinski definition) is 2. The van der Waals surface area contributed by atoms with E-state index in [-0.39, 0.29) is 6.10 Å². The van der Waals surface area contributed by atoms with Crippen LogP contribution in [0.5, 0.6) is 0 Å². The van der Waals surface area contributed by atoms with Gasteiger partial charge in [-0.2, -0.15) is 0 Å². The Labute approximate surface area is 102 Å². The molecule has 0 spiro atoms. The van der Waals surface area contributed by atoms with Gasteiger partial charge in [-0.25, -0.2) is 0 Å². The number of piperidine rings is 1. The van der Waals surface area contributed by atoms with E-state index in [0.29, 0.717) is 11.3 Å². The number of nitrogens with zero attached hydrogens (tertiary/aromatic N) is 1. The Bertz CT molecular complexity index is 191. The van der Waals surface area contributed by atoms with Gasteiger partial charge in [-0.3, -0.25) is 0 Å². The molecule has 0 amide bonds. The quantitative estimate of drug-likeness (QED) is 0.802. The van der Waals surface area contributed by atoms with Gasteiger partial charge in [-0.1, -0.05) is 36.7 Å². The third kappa shape index (κ3) is 4.41. The monoisotopic (exact) mass is 277 g/mol. The molecule has 0 aliphatic carbocycles. The van der Waals surface area contributed by atoms with E-state index < -0.39 is 0 Å². The van der Waals surface area contributed by atoms with Crippen LogP contribution >= 0.6 is 15.9 Å². The van der Waals surface area contributed by atoms with Crippen molar-refractivity contribution in [3.05, 3.63) is 0 Å². The van der Waals surface area contributed by atoms with Gasteiger partial charge in [0.1, 0.15) is 0 Å². The summed E-state index contributed by atoms with van der Waals surface area (Å²) in [6, 6.07) is 0. The molecule has 0 aromatic carbocycles. The van der Waals surface area contributed by atoms with Crippen molar-refractivity contribution in [2.24, 2.45) is 11.3 Å². The lowest BCUT2D eigenvalue weighted by atomic mass is 9.81. The summed E-state index contributed by atoms with van der Waals surface area (Å²) in [4.78, 5) is 2.41. The minimum absolute atomic E-state index is 0.102. The lowest BCUT2D eigenvalue weighted by Gasteiger charge is -2.37. The summed E-state index contributed by atoms with van der Waals surface area (Å²) >= 11 is 3.60. The zero-order valence-electron chi connectivity index (χ0n) is 10.2. The van der Waals surface area contributed by atoms with Gasteiger partial charge in [0.25, 0.3) is 0 Å². The molecular formula is C12H24BrNO. The van der Waals surface area contributed by atoms with E-state index in [4.69, 9.17) is 0 Å². The van der Waals surface area contributed by atoms with E-state index in [2.05, 4.69) is 41.6 Å². The first-order valence-electron chi connectivity index (χ1n) is 5.90. The van der Waals surface area contributed by atoms with Crippen molar-refractivity contribution in [2.45, 2.75) is 39.7 Å². The average Bonchev–Trinajstić information content (AvgIpc) is 2.12.